The molecule has 0 unspecified atom stereocenters. The minimum absolute atomic E-state index is 0.0629. The zero-order valence-corrected chi connectivity index (χ0v) is 17.4. The number of benzene rings is 1. The number of amides is 2. The van der Waals surface area contributed by atoms with E-state index in [2.05, 4.69) is 0 Å². The molecule has 1 saturated heterocycles. The molecule has 2 aliphatic rings. The molecule has 0 atom stereocenters. The molecule has 0 bridgehead atoms. The SMILES string of the molecule is CN1C(=O)C(C)(C)c2cc(S(=O)(=O)N3CCN(C(=O)c4ccco4)CC3)ccc21. The van der Waals surface area contributed by atoms with E-state index >= 15 is 0 Å². The maximum Gasteiger partial charge on any atom is 0.289 e. The van der Waals surface area contributed by atoms with Crippen LogP contribution in [0.25, 0.3) is 0 Å². The molecule has 154 valence electrons. The maximum atomic E-state index is 13.2. The van der Waals surface area contributed by atoms with Crippen molar-refractivity contribution in [2.45, 2.75) is 24.2 Å². The number of sulfonamides is 1. The van der Waals surface area contributed by atoms with Gasteiger partial charge in [-0.15, -0.1) is 0 Å². The highest BCUT2D eigenvalue weighted by atomic mass is 32.2. The highest BCUT2D eigenvalue weighted by Gasteiger charge is 2.43. The summed E-state index contributed by atoms with van der Waals surface area (Å²) < 4.78 is 32.9. The van der Waals surface area contributed by atoms with Crippen LogP contribution in [0.1, 0.15) is 30.0 Å². The van der Waals surface area contributed by atoms with Crippen molar-refractivity contribution in [2.24, 2.45) is 0 Å². The van der Waals surface area contributed by atoms with Crippen LogP contribution in [0.15, 0.2) is 45.9 Å². The van der Waals surface area contributed by atoms with E-state index in [9.17, 15) is 18.0 Å². The second-order valence-electron chi connectivity index (χ2n) is 7.84. The highest BCUT2D eigenvalue weighted by molar-refractivity contribution is 7.89. The van der Waals surface area contributed by atoms with Gasteiger partial charge in [0.05, 0.1) is 16.6 Å². The number of fused-ring (bicyclic) bond motifs is 1. The molecule has 4 rings (SSSR count). The molecule has 2 amide bonds. The Kier molecular flexibility index (Phi) is 4.54. The van der Waals surface area contributed by atoms with Crippen molar-refractivity contribution in [1.82, 2.24) is 9.21 Å². The van der Waals surface area contributed by atoms with Gasteiger partial charge in [-0.25, -0.2) is 8.42 Å². The first-order valence-electron chi connectivity index (χ1n) is 9.39. The van der Waals surface area contributed by atoms with E-state index in [1.54, 1.807) is 61.0 Å². The number of carbonyl (C=O) groups is 2. The summed E-state index contributed by atoms with van der Waals surface area (Å²) in [6.07, 6.45) is 1.44. The van der Waals surface area contributed by atoms with Crippen molar-refractivity contribution in [1.29, 1.82) is 0 Å². The summed E-state index contributed by atoms with van der Waals surface area (Å²) in [5.74, 6) is -0.0593. The molecule has 0 spiro atoms. The summed E-state index contributed by atoms with van der Waals surface area (Å²) in [4.78, 5) is 28.2. The second kappa shape index (κ2) is 6.70. The summed E-state index contributed by atoms with van der Waals surface area (Å²) in [7, 11) is -2.04. The van der Waals surface area contributed by atoms with Gasteiger partial charge in [0.2, 0.25) is 15.9 Å². The molecular weight excluding hydrogens is 394 g/mol. The number of anilines is 1. The molecule has 9 heteroatoms. The number of hydrogen-bond donors (Lipinski definition) is 0. The van der Waals surface area contributed by atoms with E-state index in [1.165, 1.54) is 10.6 Å². The Hall–Kier alpha value is -2.65. The van der Waals surface area contributed by atoms with Crippen LogP contribution in [0.3, 0.4) is 0 Å². The molecule has 0 aliphatic carbocycles. The summed E-state index contributed by atoms with van der Waals surface area (Å²) in [5.41, 5.74) is 0.662. The summed E-state index contributed by atoms with van der Waals surface area (Å²) in [5, 5.41) is 0. The molecule has 2 aromatic rings. The third kappa shape index (κ3) is 3.05. The van der Waals surface area contributed by atoms with Crippen molar-refractivity contribution in [3.8, 4) is 0 Å². The van der Waals surface area contributed by atoms with E-state index in [4.69, 9.17) is 4.42 Å². The fourth-order valence-corrected chi connectivity index (χ4v) is 5.40. The van der Waals surface area contributed by atoms with Crippen molar-refractivity contribution in [3.05, 3.63) is 47.9 Å². The largest absolute Gasteiger partial charge is 0.459 e. The van der Waals surface area contributed by atoms with Crippen molar-refractivity contribution < 1.29 is 22.4 Å². The molecular formula is C20H23N3O5S. The highest BCUT2D eigenvalue weighted by Crippen LogP contribution is 2.42. The van der Waals surface area contributed by atoms with E-state index in [1.807, 2.05) is 0 Å². The summed E-state index contributed by atoms with van der Waals surface area (Å²) in [6.45, 7) is 4.58. The Balaban J connectivity index is 1.54. The quantitative estimate of drug-likeness (QED) is 0.758. The topological polar surface area (TPSA) is 91.1 Å². The van der Waals surface area contributed by atoms with E-state index < -0.39 is 15.4 Å². The first-order chi connectivity index (χ1) is 13.6. The lowest BCUT2D eigenvalue weighted by atomic mass is 9.86. The van der Waals surface area contributed by atoms with E-state index in [0.29, 0.717) is 5.56 Å². The van der Waals surface area contributed by atoms with Gasteiger partial charge >= 0.3 is 0 Å². The molecule has 1 aromatic heterocycles. The summed E-state index contributed by atoms with van der Waals surface area (Å²) >= 11 is 0. The first-order valence-corrected chi connectivity index (χ1v) is 10.8. The Labute approximate surface area is 169 Å². The zero-order valence-electron chi connectivity index (χ0n) is 16.6. The van der Waals surface area contributed by atoms with Crippen LogP contribution in [0.5, 0.6) is 0 Å². The molecule has 8 nitrogen and oxygen atoms in total. The van der Waals surface area contributed by atoms with Gasteiger partial charge in [-0.1, -0.05) is 0 Å². The molecule has 0 radical (unpaired) electrons. The van der Waals surface area contributed by atoms with Crippen molar-refractivity contribution in [2.75, 3.05) is 38.1 Å². The third-order valence-corrected chi connectivity index (χ3v) is 7.63. The average molecular weight is 417 g/mol. The fraction of sp³-hybridized carbons (Fsp3) is 0.400. The predicted molar refractivity (Wildman–Crippen MR) is 106 cm³/mol. The smallest absolute Gasteiger partial charge is 0.289 e. The van der Waals surface area contributed by atoms with Crippen LogP contribution < -0.4 is 4.90 Å². The number of carbonyl (C=O) groups excluding carboxylic acids is 2. The zero-order chi connectivity index (χ0) is 21.0. The number of likely N-dealkylation sites (N-methyl/N-ethyl adjacent to an activating group) is 1. The predicted octanol–water partition coefficient (Wildman–Crippen LogP) is 1.68. The number of nitrogens with zero attached hydrogens (tertiary/aromatic N) is 3. The number of hydrogen-bond acceptors (Lipinski definition) is 5. The molecule has 0 saturated carbocycles. The van der Waals surface area contributed by atoms with Gasteiger partial charge in [-0.3, -0.25) is 9.59 Å². The van der Waals surface area contributed by atoms with Crippen LogP contribution in [-0.2, 0) is 20.2 Å². The van der Waals surface area contributed by atoms with Gasteiger partial charge in [-0.2, -0.15) is 4.31 Å². The lowest BCUT2D eigenvalue weighted by Gasteiger charge is -2.33. The summed E-state index contributed by atoms with van der Waals surface area (Å²) in [6, 6.07) is 8.07. The number of furan rings is 1. The van der Waals surface area contributed by atoms with Crippen LogP contribution in [0.2, 0.25) is 0 Å². The average Bonchev–Trinajstić information content (AvgIpc) is 3.31. The van der Waals surface area contributed by atoms with Crippen LogP contribution >= 0.6 is 0 Å². The molecule has 3 heterocycles. The van der Waals surface area contributed by atoms with Gasteiger partial charge in [0.15, 0.2) is 5.76 Å². The minimum Gasteiger partial charge on any atom is -0.459 e. The number of piperazine rings is 1. The Morgan fingerprint density at radius 1 is 1.10 bits per heavy atom. The third-order valence-electron chi connectivity index (χ3n) is 5.74. The van der Waals surface area contributed by atoms with Crippen LogP contribution in [-0.4, -0.2) is 62.7 Å². The van der Waals surface area contributed by atoms with Crippen molar-refractivity contribution in [3.63, 3.8) is 0 Å². The lowest BCUT2D eigenvalue weighted by molar-refractivity contribution is -0.121. The second-order valence-corrected chi connectivity index (χ2v) is 9.78. The fourth-order valence-electron chi connectivity index (χ4n) is 3.95. The van der Waals surface area contributed by atoms with Crippen molar-refractivity contribution >= 4 is 27.5 Å². The molecule has 0 N–H and O–H groups in total. The molecule has 1 aromatic carbocycles. The standard InChI is InChI=1S/C20H23N3O5S/c1-20(2)15-13-14(6-7-16(15)21(3)19(20)25)29(26,27)23-10-8-22(9-11-23)18(24)17-5-4-12-28-17/h4-7,12-13H,8-11H2,1-3H3. The van der Waals surface area contributed by atoms with Gasteiger partial charge in [-0.05, 0) is 49.7 Å². The molecule has 2 aliphatic heterocycles. The molecule has 29 heavy (non-hydrogen) atoms. The Morgan fingerprint density at radius 3 is 2.41 bits per heavy atom. The van der Waals surface area contributed by atoms with E-state index in [-0.39, 0.29) is 48.6 Å². The number of rotatable bonds is 3. The van der Waals surface area contributed by atoms with E-state index in [0.717, 1.165) is 5.69 Å². The van der Waals surface area contributed by atoms with Gasteiger partial charge in [0, 0.05) is 38.9 Å². The monoisotopic (exact) mass is 417 g/mol. The van der Waals surface area contributed by atoms with Crippen LogP contribution in [0, 0.1) is 0 Å². The van der Waals surface area contributed by atoms with Gasteiger partial charge in [0.25, 0.3) is 5.91 Å². The van der Waals surface area contributed by atoms with Gasteiger partial charge in [0.1, 0.15) is 0 Å². The van der Waals surface area contributed by atoms with Gasteiger partial charge < -0.3 is 14.2 Å². The lowest BCUT2D eigenvalue weighted by Crippen LogP contribution is -2.50. The maximum absolute atomic E-state index is 13.2. The Morgan fingerprint density at radius 2 is 1.79 bits per heavy atom. The minimum atomic E-state index is -3.73. The van der Waals surface area contributed by atoms with Crippen LogP contribution in [0.4, 0.5) is 5.69 Å². The molecule has 1 fully saturated rings. The first kappa shape index (κ1) is 19.7. The normalized spacial score (nSPS) is 19.5. The Bertz CT molecular complexity index is 1070.